The summed E-state index contributed by atoms with van der Waals surface area (Å²) in [7, 11) is 0. The third-order valence-corrected chi connectivity index (χ3v) is 3.25. The molecule has 0 bridgehead atoms. The average molecular weight is 256 g/mol. The molecule has 0 radical (unpaired) electrons. The maximum Gasteiger partial charge on any atom is 0.318 e. The second-order valence-electron chi connectivity index (χ2n) is 3.39. The van der Waals surface area contributed by atoms with Crippen LogP contribution >= 0.6 is 11.8 Å². The van der Waals surface area contributed by atoms with Gasteiger partial charge in [-0.25, -0.2) is 9.18 Å². The third kappa shape index (κ3) is 4.44. The van der Waals surface area contributed by atoms with E-state index in [-0.39, 0.29) is 16.8 Å². The van der Waals surface area contributed by atoms with Crippen molar-refractivity contribution >= 4 is 23.7 Å². The number of nitrogens with two attached hydrogens (primary N) is 1. The van der Waals surface area contributed by atoms with Crippen molar-refractivity contribution in [3.05, 3.63) is 35.6 Å². The van der Waals surface area contributed by atoms with Crippen LogP contribution in [0.2, 0.25) is 0 Å². The highest BCUT2D eigenvalue weighted by Gasteiger charge is 2.13. The Hall–Kier alpha value is -1.56. The molecule has 0 heterocycles. The monoisotopic (exact) mass is 256 g/mol. The molecule has 6 heteroatoms. The summed E-state index contributed by atoms with van der Waals surface area (Å²) in [6.45, 7) is 1.79. The fraction of sp³-hybridized carbons (Fsp3) is 0.273. The van der Waals surface area contributed by atoms with Crippen LogP contribution in [0.15, 0.2) is 24.3 Å². The van der Waals surface area contributed by atoms with Gasteiger partial charge in [0.25, 0.3) is 0 Å². The fourth-order valence-corrected chi connectivity index (χ4v) is 2.11. The number of carbonyl (C=O) groups excluding carboxylic acids is 2. The summed E-state index contributed by atoms with van der Waals surface area (Å²) >= 11 is 1.23. The van der Waals surface area contributed by atoms with Crippen LogP contribution in [-0.2, 0) is 4.79 Å². The van der Waals surface area contributed by atoms with Crippen molar-refractivity contribution in [2.75, 3.05) is 5.75 Å². The van der Waals surface area contributed by atoms with Crippen molar-refractivity contribution in [1.82, 2.24) is 5.32 Å². The number of urea groups is 1. The molecule has 0 saturated heterocycles. The van der Waals surface area contributed by atoms with Gasteiger partial charge in [-0.1, -0.05) is 18.2 Å². The standard InChI is InChI=1S/C11H13FN2O2S/c1-7(8-4-2-3-5-9(8)12)17-6-10(15)14-11(13)16/h2-5,7H,6H2,1H3,(H3,13,14,15,16). The number of nitrogens with one attached hydrogen (secondary N) is 1. The zero-order valence-electron chi connectivity index (χ0n) is 9.27. The molecule has 17 heavy (non-hydrogen) atoms. The Labute approximate surface area is 103 Å². The number of halogens is 1. The summed E-state index contributed by atoms with van der Waals surface area (Å²) in [5.74, 6) is -0.730. The van der Waals surface area contributed by atoms with Crippen LogP contribution in [0.4, 0.5) is 9.18 Å². The van der Waals surface area contributed by atoms with E-state index in [1.807, 2.05) is 5.32 Å². The molecule has 0 aromatic heterocycles. The number of primary amides is 1. The Morgan fingerprint density at radius 3 is 2.71 bits per heavy atom. The number of rotatable bonds is 4. The predicted molar refractivity (Wildman–Crippen MR) is 65.0 cm³/mol. The zero-order chi connectivity index (χ0) is 12.8. The Balaban J connectivity index is 2.50. The van der Waals surface area contributed by atoms with Crippen molar-refractivity contribution < 1.29 is 14.0 Å². The molecule has 0 spiro atoms. The van der Waals surface area contributed by atoms with Gasteiger partial charge < -0.3 is 5.73 Å². The van der Waals surface area contributed by atoms with E-state index in [0.29, 0.717) is 5.56 Å². The summed E-state index contributed by atoms with van der Waals surface area (Å²) in [6.07, 6.45) is 0. The smallest absolute Gasteiger partial charge is 0.318 e. The molecule has 0 fully saturated rings. The highest BCUT2D eigenvalue weighted by Crippen LogP contribution is 2.29. The molecule has 3 N–H and O–H groups in total. The molecule has 1 aromatic carbocycles. The van der Waals surface area contributed by atoms with Crippen molar-refractivity contribution in [1.29, 1.82) is 0 Å². The van der Waals surface area contributed by atoms with Gasteiger partial charge in [-0.05, 0) is 13.0 Å². The number of carbonyl (C=O) groups is 2. The topological polar surface area (TPSA) is 72.2 Å². The normalized spacial score (nSPS) is 11.9. The van der Waals surface area contributed by atoms with Gasteiger partial charge in [0.05, 0.1) is 5.75 Å². The maximum atomic E-state index is 13.4. The number of thioether (sulfide) groups is 1. The second kappa shape index (κ2) is 6.24. The molecule has 1 atom stereocenters. The van der Waals surface area contributed by atoms with Crippen molar-refractivity contribution in [2.24, 2.45) is 5.73 Å². The Morgan fingerprint density at radius 1 is 1.47 bits per heavy atom. The first-order valence-electron chi connectivity index (χ1n) is 4.96. The molecule has 1 unspecified atom stereocenters. The van der Waals surface area contributed by atoms with Gasteiger partial charge in [0.15, 0.2) is 0 Å². The van der Waals surface area contributed by atoms with Crippen molar-refractivity contribution in [3.63, 3.8) is 0 Å². The summed E-state index contributed by atoms with van der Waals surface area (Å²) in [6, 6.07) is 5.50. The Morgan fingerprint density at radius 2 is 2.12 bits per heavy atom. The molecule has 4 nitrogen and oxygen atoms in total. The van der Waals surface area contributed by atoms with Crippen LogP contribution in [0.5, 0.6) is 0 Å². The van der Waals surface area contributed by atoms with E-state index in [9.17, 15) is 14.0 Å². The van der Waals surface area contributed by atoms with Crippen LogP contribution < -0.4 is 11.1 Å². The average Bonchev–Trinajstić information content (AvgIpc) is 2.25. The van der Waals surface area contributed by atoms with Gasteiger partial charge in [-0.2, -0.15) is 0 Å². The molecular formula is C11H13FN2O2S. The van der Waals surface area contributed by atoms with Gasteiger partial charge in [0.1, 0.15) is 5.82 Å². The zero-order valence-corrected chi connectivity index (χ0v) is 10.1. The lowest BCUT2D eigenvalue weighted by Gasteiger charge is -2.11. The quantitative estimate of drug-likeness (QED) is 0.863. The van der Waals surface area contributed by atoms with E-state index in [0.717, 1.165) is 0 Å². The Kier molecular flexibility index (Phi) is 4.96. The van der Waals surface area contributed by atoms with E-state index in [4.69, 9.17) is 5.73 Å². The Bertz CT molecular complexity index is 426. The van der Waals surface area contributed by atoms with Crippen LogP contribution in [-0.4, -0.2) is 17.7 Å². The van der Waals surface area contributed by atoms with E-state index >= 15 is 0 Å². The molecule has 0 saturated carbocycles. The second-order valence-corrected chi connectivity index (χ2v) is 4.72. The molecule has 1 rings (SSSR count). The third-order valence-electron chi connectivity index (χ3n) is 2.07. The number of amides is 3. The summed E-state index contributed by atoms with van der Waals surface area (Å²) in [5, 5.41) is 1.78. The fourth-order valence-electron chi connectivity index (χ4n) is 1.27. The maximum absolute atomic E-state index is 13.4. The molecule has 0 aliphatic rings. The van der Waals surface area contributed by atoms with Gasteiger partial charge in [-0.3, -0.25) is 10.1 Å². The van der Waals surface area contributed by atoms with Crippen molar-refractivity contribution in [2.45, 2.75) is 12.2 Å². The highest BCUT2D eigenvalue weighted by atomic mass is 32.2. The van der Waals surface area contributed by atoms with Crippen LogP contribution in [0.25, 0.3) is 0 Å². The SMILES string of the molecule is CC(SCC(=O)NC(N)=O)c1ccccc1F. The largest absolute Gasteiger partial charge is 0.351 e. The minimum atomic E-state index is -0.880. The molecule has 0 aliphatic carbocycles. The first kappa shape index (κ1) is 13.5. The minimum absolute atomic E-state index is 0.0540. The van der Waals surface area contributed by atoms with Crippen LogP contribution in [0.3, 0.4) is 0 Å². The van der Waals surface area contributed by atoms with E-state index < -0.39 is 11.9 Å². The number of hydrogen-bond acceptors (Lipinski definition) is 3. The van der Waals surface area contributed by atoms with E-state index in [2.05, 4.69) is 0 Å². The predicted octanol–water partition coefficient (Wildman–Crippen LogP) is 1.81. The lowest BCUT2D eigenvalue weighted by Crippen LogP contribution is -2.36. The van der Waals surface area contributed by atoms with Gasteiger partial charge >= 0.3 is 6.03 Å². The van der Waals surface area contributed by atoms with Gasteiger partial charge in [0.2, 0.25) is 5.91 Å². The van der Waals surface area contributed by atoms with Gasteiger partial charge in [0, 0.05) is 10.8 Å². The van der Waals surface area contributed by atoms with Crippen molar-refractivity contribution in [3.8, 4) is 0 Å². The first-order chi connectivity index (χ1) is 8.00. The summed E-state index contributed by atoms with van der Waals surface area (Å²) in [5.41, 5.74) is 5.33. The van der Waals surface area contributed by atoms with E-state index in [1.54, 1.807) is 25.1 Å². The molecule has 3 amide bonds. The number of benzene rings is 1. The molecule has 0 aliphatic heterocycles. The lowest BCUT2D eigenvalue weighted by molar-refractivity contribution is -0.117. The first-order valence-corrected chi connectivity index (χ1v) is 6.01. The highest BCUT2D eigenvalue weighted by molar-refractivity contribution is 8.00. The number of hydrogen-bond donors (Lipinski definition) is 2. The van der Waals surface area contributed by atoms with Gasteiger partial charge in [-0.15, -0.1) is 11.8 Å². The van der Waals surface area contributed by atoms with Crippen LogP contribution in [0.1, 0.15) is 17.7 Å². The molecule has 1 aromatic rings. The summed E-state index contributed by atoms with van der Waals surface area (Å²) < 4.78 is 13.4. The number of imide groups is 1. The molecular weight excluding hydrogens is 243 g/mol. The lowest BCUT2D eigenvalue weighted by atomic mass is 10.1. The molecule has 92 valence electrons. The summed E-state index contributed by atoms with van der Waals surface area (Å²) in [4.78, 5) is 21.5. The van der Waals surface area contributed by atoms with Crippen LogP contribution in [0, 0.1) is 5.82 Å². The minimum Gasteiger partial charge on any atom is -0.351 e. The van der Waals surface area contributed by atoms with E-state index in [1.165, 1.54) is 17.8 Å².